The van der Waals surface area contributed by atoms with E-state index in [1.54, 1.807) is 6.20 Å². The molecule has 0 aromatic carbocycles. The number of aromatic nitrogens is 3. The largest absolute Gasteiger partial charge is 0.362 e. The molecular formula is C9H9BrN4O. The highest BCUT2D eigenvalue weighted by atomic mass is 79.9. The number of rotatable bonds is 3. The summed E-state index contributed by atoms with van der Waals surface area (Å²) in [6, 6.07) is 1.88. The van der Waals surface area contributed by atoms with E-state index < -0.39 is 0 Å². The molecule has 0 fully saturated rings. The van der Waals surface area contributed by atoms with Crippen LogP contribution < -0.4 is 5.32 Å². The molecule has 0 spiro atoms. The van der Waals surface area contributed by atoms with Gasteiger partial charge in [-0.3, -0.25) is 0 Å². The molecule has 0 aliphatic carbocycles. The normalized spacial score (nSPS) is 10.3. The zero-order valence-electron chi connectivity index (χ0n) is 8.07. The molecule has 0 aliphatic heterocycles. The van der Waals surface area contributed by atoms with E-state index in [2.05, 4.69) is 36.4 Å². The second-order valence-electron chi connectivity index (χ2n) is 3.01. The lowest BCUT2D eigenvalue weighted by molar-refractivity contribution is 0.384. The lowest BCUT2D eigenvalue weighted by Crippen LogP contribution is -2.01. The first-order valence-corrected chi connectivity index (χ1v) is 5.16. The summed E-state index contributed by atoms with van der Waals surface area (Å²) in [5.74, 6) is 1.51. The Hall–Kier alpha value is -1.43. The second-order valence-corrected chi connectivity index (χ2v) is 3.86. The van der Waals surface area contributed by atoms with E-state index in [0.29, 0.717) is 6.54 Å². The van der Waals surface area contributed by atoms with Gasteiger partial charge in [0.15, 0.2) is 5.76 Å². The molecule has 1 N–H and O–H groups in total. The summed E-state index contributed by atoms with van der Waals surface area (Å²) < 4.78 is 5.88. The predicted octanol–water partition coefficient (Wildman–Crippen LogP) is 2.15. The minimum atomic E-state index is 0.552. The first-order chi connectivity index (χ1) is 7.25. The van der Waals surface area contributed by atoms with Crippen molar-refractivity contribution < 1.29 is 4.52 Å². The smallest absolute Gasteiger partial charge is 0.156 e. The summed E-state index contributed by atoms with van der Waals surface area (Å²) in [6.45, 7) is 2.43. The maximum absolute atomic E-state index is 5.05. The molecule has 2 rings (SSSR count). The van der Waals surface area contributed by atoms with Gasteiger partial charge in [0.1, 0.15) is 12.1 Å². The molecule has 0 amide bonds. The Morgan fingerprint density at radius 2 is 2.40 bits per heavy atom. The van der Waals surface area contributed by atoms with Crippen LogP contribution in [0.1, 0.15) is 11.5 Å². The Kier molecular flexibility index (Phi) is 2.96. The average molecular weight is 269 g/mol. The first-order valence-electron chi connectivity index (χ1n) is 4.37. The molecule has 0 unspecified atom stereocenters. The fraction of sp³-hybridized carbons (Fsp3) is 0.222. The van der Waals surface area contributed by atoms with Crippen molar-refractivity contribution in [1.82, 2.24) is 15.1 Å². The van der Waals surface area contributed by atoms with Crippen molar-refractivity contribution in [3.05, 3.63) is 34.5 Å². The van der Waals surface area contributed by atoms with Crippen LogP contribution in [0.4, 0.5) is 5.82 Å². The van der Waals surface area contributed by atoms with Crippen LogP contribution in [-0.4, -0.2) is 15.1 Å². The van der Waals surface area contributed by atoms with Gasteiger partial charge in [0.2, 0.25) is 0 Å². The summed E-state index contributed by atoms with van der Waals surface area (Å²) in [4.78, 5) is 7.94. The van der Waals surface area contributed by atoms with E-state index in [1.807, 2.05) is 13.0 Å². The third-order valence-electron chi connectivity index (χ3n) is 1.77. The van der Waals surface area contributed by atoms with E-state index in [9.17, 15) is 0 Å². The van der Waals surface area contributed by atoms with Crippen LogP contribution in [0.15, 0.2) is 27.6 Å². The Morgan fingerprint density at radius 1 is 1.53 bits per heavy atom. The summed E-state index contributed by atoms with van der Waals surface area (Å²) in [5.41, 5.74) is 0.869. The minimum absolute atomic E-state index is 0.552. The van der Waals surface area contributed by atoms with Crippen LogP contribution in [0, 0.1) is 6.92 Å². The fourth-order valence-corrected chi connectivity index (χ4v) is 1.47. The maximum atomic E-state index is 5.05. The van der Waals surface area contributed by atoms with Crippen LogP contribution in [0.3, 0.4) is 0 Å². The fourth-order valence-electron chi connectivity index (χ4n) is 1.11. The van der Waals surface area contributed by atoms with Gasteiger partial charge in [-0.15, -0.1) is 0 Å². The van der Waals surface area contributed by atoms with Gasteiger partial charge >= 0.3 is 0 Å². The lowest BCUT2D eigenvalue weighted by atomic mass is 10.4. The SMILES string of the molecule is Cc1cc(CNc2ncncc2Br)on1. The van der Waals surface area contributed by atoms with Crippen LogP contribution >= 0.6 is 15.9 Å². The van der Waals surface area contributed by atoms with Crippen molar-refractivity contribution >= 4 is 21.7 Å². The molecule has 6 heteroatoms. The van der Waals surface area contributed by atoms with Gasteiger partial charge in [0.25, 0.3) is 0 Å². The number of aryl methyl sites for hydroxylation is 1. The third-order valence-corrected chi connectivity index (χ3v) is 2.35. The number of hydrogen-bond donors (Lipinski definition) is 1. The van der Waals surface area contributed by atoms with Crippen LogP contribution in [0.5, 0.6) is 0 Å². The highest BCUT2D eigenvalue weighted by Crippen LogP contribution is 2.17. The molecule has 0 saturated carbocycles. The molecule has 0 radical (unpaired) electrons. The lowest BCUT2D eigenvalue weighted by Gasteiger charge is -2.03. The van der Waals surface area contributed by atoms with Gasteiger partial charge in [-0.1, -0.05) is 5.16 Å². The zero-order chi connectivity index (χ0) is 10.7. The molecule has 0 aliphatic rings. The molecule has 2 aromatic heterocycles. The van der Waals surface area contributed by atoms with Crippen LogP contribution in [0.2, 0.25) is 0 Å². The standard InChI is InChI=1S/C9H9BrN4O/c1-6-2-7(15-14-6)3-12-9-8(10)4-11-5-13-9/h2,4-5H,3H2,1H3,(H,11,12,13). The number of nitrogens with zero attached hydrogens (tertiary/aromatic N) is 3. The van der Waals surface area contributed by atoms with Gasteiger partial charge in [-0.25, -0.2) is 9.97 Å². The van der Waals surface area contributed by atoms with Crippen molar-refractivity contribution in [2.75, 3.05) is 5.32 Å². The number of nitrogens with one attached hydrogen (secondary N) is 1. The molecule has 0 bridgehead atoms. The number of anilines is 1. The first kappa shape index (κ1) is 10.1. The van der Waals surface area contributed by atoms with Gasteiger partial charge < -0.3 is 9.84 Å². The molecule has 5 nitrogen and oxygen atoms in total. The van der Waals surface area contributed by atoms with Gasteiger partial charge in [0.05, 0.1) is 16.7 Å². The van der Waals surface area contributed by atoms with Gasteiger partial charge in [-0.05, 0) is 22.9 Å². The molecule has 0 saturated heterocycles. The van der Waals surface area contributed by atoms with Crippen molar-refractivity contribution in [2.45, 2.75) is 13.5 Å². The molecule has 0 atom stereocenters. The second kappa shape index (κ2) is 4.39. The Morgan fingerprint density at radius 3 is 3.07 bits per heavy atom. The summed E-state index contributed by atoms with van der Waals surface area (Å²) in [7, 11) is 0. The van der Waals surface area contributed by atoms with Crippen LogP contribution in [-0.2, 0) is 6.54 Å². The third kappa shape index (κ3) is 2.53. The van der Waals surface area contributed by atoms with E-state index in [1.165, 1.54) is 6.33 Å². The van der Waals surface area contributed by atoms with Crippen molar-refractivity contribution in [1.29, 1.82) is 0 Å². The quantitative estimate of drug-likeness (QED) is 0.924. The van der Waals surface area contributed by atoms with E-state index in [4.69, 9.17) is 4.52 Å². The summed E-state index contributed by atoms with van der Waals surface area (Å²) in [6.07, 6.45) is 3.17. The predicted molar refractivity (Wildman–Crippen MR) is 58.3 cm³/mol. The summed E-state index contributed by atoms with van der Waals surface area (Å²) >= 11 is 3.34. The Labute approximate surface area is 95.0 Å². The molecule has 78 valence electrons. The average Bonchev–Trinajstić information content (AvgIpc) is 2.63. The minimum Gasteiger partial charge on any atom is -0.362 e. The molecular weight excluding hydrogens is 260 g/mol. The molecule has 2 heterocycles. The molecule has 2 aromatic rings. The van der Waals surface area contributed by atoms with E-state index >= 15 is 0 Å². The Bertz CT molecular complexity index is 457. The number of halogens is 1. The summed E-state index contributed by atoms with van der Waals surface area (Å²) in [5, 5.41) is 6.90. The van der Waals surface area contributed by atoms with Crippen molar-refractivity contribution in [3.8, 4) is 0 Å². The van der Waals surface area contributed by atoms with Crippen molar-refractivity contribution in [3.63, 3.8) is 0 Å². The van der Waals surface area contributed by atoms with Gasteiger partial charge in [-0.2, -0.15) is 0 Å². The van der Waals surface area contributed by atoms with E-state index in [0.717, 1.165) is 21.7 Å². The van der Waals surface area contributed by atoms with Crippen LogP contribution in [0.25, 0.3) is 0 Å². The van der Waals surface area contributed by atoms with Gasteiger partial charge in [0, 0.05) is 12.3 Å². The molecule has 15 heavy (non-hydrogen) atoms. The monoisotopic (exact) mass is 268 g/mol. The zero-order valence-corrected chi connectivity index (χ0v) is 9.65. The Balaban J connectivity index is 2.02. The maximum Gasteiger partial charge on any atom is 0.156 e. The highest BCUT2D eigenvalue weighted by Gasteiger charge is 2.03. The van der Waals surface area contributed by atoms with Crippen molar-refractivity contribution in [2.24, 2.45) is 0 Å². The number of hydrogen-bond acceptors (Lipinski definition) is 5. The topological polar surface area (TPSA) is 63.8 Å². The highest BCUT2D eigenvalue weighted by molar-refractivity contribution is 9.10. The van der Waals surface area contributed by atoms with E-state index in [-0.39, 0.29) is 0 Å².